The van der Waals surface area contributed by atoms with E-state index in [1.807, 2.05) is 24.3 Å². The summed E-state index contributed by atoms with van der Waals surface area (Å²) in [6, 6.07) is 7.23. The van der Waals surface area contributed by atoms with E-state index >= 15 is 0 Å². The molecule has 1 fully saturated rings. The first-order valence-electron chi connectivity index (χ1n) is 8.22. The molecular formula is C18H25NO4. The van der Waals surface area contributed by atoms with Crippen LogP contribution in [0.25, 0.3) is 0 Å². The Labute approximate surface area is 136 Å². The highest BCUT2D eigenvalue weighted by Gasteiger charge is 2.40. The molecule has 1 aliphatic rings. The van der Waals surface area contributed by atoms with Crippen LogP contribution in [0.1, 0.15) is 62.1 Å². The van der Waals surface area contributed by atoms with Gasteiger partial charge in [0.1, 0.15) is 0 Å². The van der Waals surface area contributed by atoms with Crippen molar-refractivity contribution in [3.63, 3.8) is 0 Å². The molecule has 0 saturated heterocycles. The molecule has 0 amide bonds. The van der Waals surface area contributed by atoms with Crippen molar-refractivity contribution in [2.75, 3.05) is 0 Å². The zero-order valence-corrected chi connectivity index (χ0v) is 13.3. The van der Waals surface area contributed by atoms with Crippen LogP contribution in [-0.4, -0.2) is 22.2 Å². The van der Waals surface area contributed by atoms with Crippen LogP contribution in [0.4, 0.5) is 0 Å². The van der Waals surface area contributed by atoms with Crippen molar-refractivity contribution in [1.29, 1.82) is 0 Å². The summed E-state index contributed by atoms with van der Waals surface area (Å²) < 4.78 is 0. The van der Waals surface area contributed by atoms with Crippen molar-refractivity contribution in [2.24, 2.45) is 11.1 Å². The van der Waals surface area contributed by atoms with E-state index in [0.29, 0.717) is 25.7 Å². The van der Waals surface area contributed by atoms with E-state index in [0.717, 1.165) is 30.4 Å². The Balaban J connectivity index is 2.03. The molecule has 23 heavy (non-hydrogen) atoms. The van der Waals surface area contributed by atoms with Crippen LogP contribution in [0.2, 0.25) is 0 Å². The summed E-state index contributed by atoms with van der Waals surface area (Å²) in [6.07, 6.45) is 5.45. The lowest BCUT2D eigenvalue weighted by molar-refractivity contribution is -0.152. The highest BCUT2D eigenvalue weighted by Crippen LogP contribution is 2.42. The molecule has 1 unspecified atom stereocenters. The molecule has 1 aliphatic carbocycles. The Morgan fingerprint density at radius 2 is 1.70 bits per heavy atom. The quantitative estimate of drug-likeness (QED) is 0.717. The molecule has 1 aromatic carbocycles. The highest BCUT2D eigenvalue weighted by molar-refractivity contribution is 5.74. The largest absolute Gasteiger partial charge is 0.481 e. The van der Waals surface area contributed by atoms with Crippen LogP contribution in [0.3, 0.4) is 0 Å². The van der Waals surface area contributed by atoms with E-state index in [2.05, 4.69) is 0 Å². The third kappa shape index (κ3) is 4.55. The molecule has 0 aromatic heterocycles. The van der Waals surface area contributed by atoms with Crippen LogP contribution in [-0.2, 0) is 16.0 Å². The molecule has 1 saturated carbocycles. The van der Waals surface area contributed by atoms with Crippen molar-refractivity contribution in [3.05, 3.63) is 35.4 Å². The molecule has 0 aliphatic heterocycles. The number of carboxylic acid groups (broad SMARTS) is 2. The van der Waals surface area contributed by atoms with E-state index in [1.165, 1.54) is 0 Å². The lowest BCUT2D eigenvalue weighted by Gasteiger charge is -2.35. The molecule has 5 nitrogen and oxygen atoms in total. The Hall–Kier alpha value is -1.88. The third-order valence-corrected chi connectivity index (χ3v) is 4.91. The van der Waals surface area contributed by atoms with Gasteiger partial charge in [0, 0.05) is 12.5 Å². The SMILES string of the molecule is NC(CC1(C(=O)O)CCCCC1)c1ccc(CCC(=O)O)cc1. The minimum atomic E-state index is -0.813. The van der Waals surface area contributed by atoms with E-state index < -0.39 is 17.4 Å². The lowest BCUT2D eigenvalue weighted by Crippen LogP contribution is -2.36. The molecule has 0 heterocycles. The monoisotopic (exact) mass is 319 g/mol. The van der Waals surface area contributed by atoms with E-state index in [-0.39, 0.29) is 12.5 Å². The smallest absolute Gasteiger partial charge is 0.309 e. The van der Waals surface area contributed by atoms with Gasteiger partial charge in [-0.2, -0.15) is 0 Å². The molecule has 0 radical (unpaired) electrons. The number of carboxylic acids is 2. The first kappa shape index (κ1) is 17.5. The van der Waals surface area contributed by atoms with Crippen LogP contribution < -0.4 is 5.73 Å². The zero-order valence-electron chi connectivity index (χ0n) is 13.3. The van der Waals surface area contributed by atoms with Crippen molar-refractivity contribution < 1.29 is 19.8 Å². The summed E-state index contributed by atoms with van der Waals surface area (Å²) in [5.41, 5.74) is 7.43. The number of aliphatic carboxylic acids is 2. The Kier molecular flexibility index (Phi) is 5.77. The first-order chi connectivity index (χ1) is 10.9. The van der Waals surface area contributed by atoms with Gasteiger partial charge in [0.25, 0.3) is 0 Å². The summed E-state index contributed by atoms with van der Waals surface area (Å²) in [4.78, 5) is 22.3. The maximum absolute atomic E-state index is 11.7. The van der Waals surface area contributed by atoms with Gasteiger partial charge in [-0.3, -0.25) is 9.59 Å². The van der Waals surface area contributed by atoms with Gasteiger partial charge < -0.3 is 15.9 Å². The number of benzene rings is 1. The second kappa shape index (κ2) is 7.59. The molecule has 0 spiro atoms. The number of aryl methyl sites for hydroxylation is 1. The van der Waals surface area contributed by atoms with E-state index in [9.17, 15) is 14.7 Å². The number of nitrogens with two attached hydrogens (primary N) is 1. The van der Waals surface area contributed by atoms with Gasteiger partial charge in [0.05, 0.1) is 5.41 Å². The molecule has 1 aromatic rings. The predicted octanol–water partition coefficient (Wildman–Crippen LogP) is 3.13. The van der Waals surface area contributed by atoms with Gasteiger partial charge in [-0.15, -0.1) is 0 Å². The van der Waals surface area contributed by atoms with Gasteiger partial charge in [0.15, 0.2) is 0 Å². The summed E-state index contributed by atoms with van der Waals surface area (Å²) in [6.45, 7) is 0. The molecule has 126 valence electrons. The zero-order chi connectivity index (χ0) is 16.9. The standard InChI is InChI=1S/C18H25NO4/c19-15(12-18(17(22)23)10-2-1-3-11-18)14-7-4-13(5-8-14)6-9-16(20)21/h4-5,7-8,15H,1-3,6,9-12,19H2,(H,20,21)(H,22,23). The second-order valence-corrected chi connectivity index (χ2v) is 6.59. The van der Waals surface area contributed by atoms with Crippen LogP contribution in [0.5, 0.6) is 0 Å². The topological polar surface area (TPSA) is 101 Å². The number of rotatable bonds is 7. The number of hydrogen-bond acceptors (Lipinski definition) is 3. The van der Waals surface area contributed by atoms with E-state index in [4.69, 9.17) is 10.8 Å². The minimum absolute atomic E-state index is 0.105. The molecule has 5 heteroatoms. The highest BCUT2D eigenvalue weighted by atomic mass is 16.4. The first-order valence-corrected chi connectivity index (χ1v) is 8.22. The predicted molar refractivity (Wildman–Crippen MR) is 87.1 cm³/mol. The van der Waals surface area contributed by atoms with Gasteiger partial charge in [-0.25, -0.2) is 0 Å². The Bertz CT molecular complexity index is 547. The molecule has 4 N–H and O–H groups in total. The van der Waals surface area contributed by atoms with Crippen molar-refractivity contribution in [1.82, 2.24) is 0 Å². The molecule has 0 bridgehead atoms. The fraction of sp³-hybridized carbons (Fsp3) is 0.556. The fourth-order valence-corrected chi connectivity index (χ4v) is 3.46. The van der Waals surface area contributed by atoms with Gasteiger partial charge in [-0.05, 0) is 36.8 Å². The third-order valence-electron chi connectivity index (χ3n) is 4.91. The fourth-order valence-electron chi connectivity index (χ4n) is 3.46. The second-order valence-electron chi connectivity index (χ2n) is 6.59. The van der Waals surface area contributed by atoms with Crippen LogP contribution >= 0.6 is 0 Å². The number of carbonyl (C=O) groups is 2. The summed E-state index contributed by atoms with van der Waals surface area (Å²) in [5.74, 6) is -1.54. The molecular weight excluding hydrogens is 294 g/mol. The molecule has 1 atom stereocenters. The number of hydrogen-bond donors (Lipinski definition) is 3. The average Bonchev–Trinajstić information content (AvgIpc) is 2.54. The normalized spacial score (nSPS) is 18.3. The average molecular weight is 319 g/mol. The summed E-state index contributed by atoms with van der Waals surface area (Å²) in [7, 11) is 0. The minimum Gasteiger partial charge on any atom is -0.481 e. The van der Waals surface area contributed by atoms with Crippen LogP contribution in [0.15, 0.2) is 24.3 Å². The van der Waals surface area contributed by atoms with Gasteiger partial charge >= 0.3 is 11.9 Å². The molecule has 2 rings (SSSR count). The Morgan fingerprint density at radius 3 is 2.22 bits per heavy atom. The van der Waals surface area contributed by atoms with E-state index in [1.54, 1.807) is 0 Å². The Morgan fingerprint density at radius 1 is 1.09 bits per heavy atom. The van der Waals surface area contributed by atoms with Gasteiger partial charge in [-0.1, -0.05) is 43.5 Å². The maximum atomic E-state index is 11.7. The summed E-state index contributed by atoms with van der Waals surface area (Å²) in [5, 5.41) is 18.3. The lowest BCUT2D eigenvalue weighted by atomic mass is 9.69. The van der Waals surface area contributed by atoms with Crippen LogP contribution in [0, 0.1) is 5.41 Å². The summed E-state index contributed by atoms with van der Waals surface area (Å²) >= 11 is 0. The van der Waals surface area contributed by atoms with Crippen molar-refractivity contribution in [3.8, 4) is 0 Å². The van der Waals surface area contributed by atoms with Gasteiger partial charge in [0.2, 0.25) is 0 Å². The van der Waals surface area contributed by atoms with Crippen molar-refractivity contribution in [2.45, 2.75) is 57.4 Å². The maximum Gasteiger partial charge on any atom is 0.309 e. The van der Waals surface area contributed by atoms with Crippen molar-refractivity contribution >= 4 is 11.9 Å².